The Bertz CT molecular complexity index is 1220. The van der Waals surface area contributed by atoms with E-state index in [9.17, 15) is 13.6 Å². The van der Waals surface area contributed by atoms with Crippen molar-refractivity contribution >= 4 is 17.2 Å². The van der Waals surface area contributed by atoms with Crippen LogP contribution in [0.15, 0.2) is 60.7 Å². The summed E-state index contributed by atoms with van der Waals surface area (Å²) in [7, 11) is 0. The highest BCUT2D eigenvalue weighted by atomic mass is 19.1. The number of benzene rings is 2. The Morgan fingerprint density at radius 3 is 2.13 bits per heavy atom. The summed E-state index contributed by atoms with van der Waals surface area (Å²) in [4.78, 5) is 17.3. The smallest absolute Gasteiger partial charge is 0.274 e. The van der Waals surface area contributed by atoms with Gasteiger partial charge in [0.2, 0.25) is 0 Å². The average molecular weight is 406 g/mol. The van der Waals surface area contributed by atoms with E-state index in [0.29, 0.717) is 22.6 Å². The van der Waals surface area contributed by atoms with Gasteiger partial charge in [-0.25, -0.2) is 18.3 Å². The minimum atomic E-state index is -0.439. The van der Waals surface area contributed by atoms with Gasteiger partial charge in [-0.3, -0.25) is 4.79 Å². The van der Waals surface area contributed by atoms with Gasteiger partial charge in [0.1, 0.15) is 17.3 Å². The quantitative estimate of drug-likeness (QED) is 0.507. The highest BCUT2D eigenvalue weighted by Gasteiger charge is 2.21. The minimum absolute atomic E-state index is 0.173. The third-order valence-electron chi connectivity index (χ3n) is 4.67. The van der Waals surface area contributed by atoms with Gasteiger partial charge in [-0.2, -0.15) is 5.10 Å². The third kappa shape index (κ3) is 3.91. The fourth-order valence-corrected chi connectivity index (χ4v) is 3.01. The molecule has 2 heterocycles. The molecule has 30 heavy (non-hydrogen) atoms. The number of fused-ring (bicyclic) bond motifs is 1. The molecular formula is C23H20F2N4O. The van der Waals surface area contributed by atoms with Crippen LogP contribution < -0.4 is 5.32 Å². The van der Waals surface area contributed by atoms with Gasteiger partial charge in [0.15, 0.2) is 5.65 Å². The van der Waals surface area contributed by atoms with E-state index in [-0.39, 0.29) is 22.7 Å². The van der Waals surface area contributed by atoms with Crippen molar-refractivity contribution < 1.29 is 13.6 Å². The highest BCUT2D eigenvalue weighted by Crippen LogP contribution is 2.26. The van der Waals surface area contributed by atoms with Crippen LogP contribution in [0.3, 0.4) is 0 Å². The molecule has 0 atom stereocenters. The fraction of sp³-hybridized carbons (Fsp3) is 0.174. The number of hydrogen-bond acceptors (Lipinski definition) is 3. The molecule has 0 fully saturated rings. The van der Waals surface area contributed by atoms with E-state index in [2.05, 4.69) is 15.4 Å². The first-order valence-corrected chi connectivity index (χ1v) is 9.45. The number of nitrogens with one attached hydrogen (secondary N) is 1. The van der Waals surface area contributed by atoms with E-state index in [1.807, 2.05) is 26.8 Å². The second-order valence-electron chi connectivity index (χ2n) is 8.04. The number of anilines is 1. The van der Waals surface area contributed by atoms with Gasteiger partial charge in [0, 0.05) is 22.7 Å². The Hall–Kier alpha value is -3.61. The van der Waals surface area contributed by atoms with E-state index in [4.69, 9.17) is 0 Å². The SMILES string of the molecule is CC(C)(C)c1cc2nc(C(=O)Nc3ccc(F)cc3)cc(-c3ccc(F)cc3)n2n1. The lowest BCUT2D eigenvalue weighted by Crippen LogP contribution is -2.15. The van der Waals surface area contributed by atoms with Crippen LogP contribution in [-0.2, 0) is 5.41 Å². The molecule has 2 aromatic carbocycles. The molecular weight excluding hydrogens is 386 g/mol. The molecule has 0 saturated heterocycles. The van der Waals surface area contributed by atoms with Gasteiger partial charge in [-0.15, -0.1) is 0 Å². The summed E-state index contributed by atoms with van der Waals surface area (Å²) in [6.07, 6.45) is 0. The van der Waals surface area contributed by atoms with Crippen molar-refractivity contribution in [3.8, 4) is 11.3 Å². The predicted octanol–water partition coefficient (Wildman–Crippen LogP) is 5.22. The molecule has 1 N–H and O–H groups in total. The zero-order valence-corrected chi connectivity index (χ0v) is 16.8. The lowest BCUT2D eigenvalue weighted by Gasteiger charge is -2.13. The van der Waals surface area contributed by atoms with Gasteiger partial charge in [-0.05, 0) is 54.6 Å². The van der Waals surface area contributed by atoms with E-state index in [1.165, 1.54) is 36.4 Å². The number of amides is 1. The summed E-state index contributed by atoms with van der Waals surface area (Å²) < 4.78 is 28.2. The molecule has 0 aliphatic rings. The molecule has 5 nitrogen and oxygen atoms in total. The summed E-state index contributed by atoms with van der Waals surface area (Å²) in [5, 5.41) is 7.38. The van der Waals surface area contributed by atoms with Crippen LogP contribution in [0.5, 0.6) is 0 Å². The number of hydrogen-bond donors (Lipinski definition) is 1. The normalized spacial score (nSPS) is 11.6. The van der Waals surface area contributed by atoms with Crippen LogP contribution >= 0.6 is 0 Å². The maximum absolute atomic E-state index is 13.4. The second kappa shape index (κ2) is 7.33. The van der Waals surface area contributed by atoms with E-state index >= 15 is 0 Å². The Balaban J connectivity index is 1.82. The van der Waals surface area contributed by atoms with E-state index in [1.54, 1.807) is 22.7 Å². The lowest BCUT2D eigenvalue weighted by molar-refractivity contribution is 0.102. The number of rotatable bonds is 3. The first kappa shape index (κ1) is 19.7. The average Bonchev–Trinajstić information content (AvgIpc) is 3.14. The summed E-state index contributed by atoms with van der Waals surface area (Å²) >= 11 is 0. The molecule has 2 aromatic heterocycles. The van der Waals surface area contributed by atoms with Crippen LogP contribution in [0, 0.1) is 11.6 Å². The molecule has 0 spiro atoms. The molecule has 152 valence electrons. The van der Waals surface area contributed by atoms with Crippen molar-refractivity contribution in [1.82, 2.24) is 14.6 Å². The first-order valence-electron chi connectivity index (χ1n) is 9.45. The third-order valence-corrected chi connectivity index (χ3v) is 4.67. The summed E-state index contributed by atoms with van der Waals surface area (Å²) in [6, 6.07) is 14.9. The number of aromatic nitrogens is 3. The lowest BCUT2D eigenvalue weighted by atomic mass is 9.93. The van der Waals surface area contributed by atoms with Crippen molar-refractivity contribution in [2.24, 2.45) is 0 Å². The summed E-state index contributed by atoms with van der Waals surface area (Å²) in [5.41, 5.74) is 3.04. The molecule has 0 radical (unpaired) electrons. The van der Waals surface area contributed by atoms with Gasteiger partial charge in [0.25, 0.3) is 5.91 Å². The Morgan fingerprint density at radius 1 is 0.933 bits per heavy atom. The van der Waals surface area contributed by atoms with Crippen LogP contribution in [0.2, 0.25) is 0 Å². The zero-order valence-electron chi connectivity index (χ0n) is 16.8. The number of carbonyl (C=O) groups excluding carboxylic acids is 1. The minimum Gasteiger partial charge on any atom is -0.321 e. The van der Waals surface area contributed by atoms with Crippen LogP contribution in [0.1, 0.15) is 37.0 Å². The molecule has 0 saturated carbocycles. The molecule has 0 bridgehead atoms. The van der Waals surface area contributed by atoms with E-state index in [0.717, 1.165) is 5.69 Å². The predicted molar refractivity (Wildman–Crippen MR) is 111 cm³/mol. The standard InChI is InChI=1S/C23H20F2N4O/c1-23(2,3)20-13-21-27-18(22(30)26-17-10-8-16(25)9-11-17)12-19(29(21)28-20)14-4-6-15(24)7-5-14/h4-13H,1-3H3,(H,26,30). The van der Waals surface area contributed by atoms with Crippen molar-refractivity contribution in [3.05, 3.63) is 83.7 Å². The molecule has 1 amide bonds. The molecule has 4 aromatic rings. The van der Waals surface area contributed by atoms with Gasteiger partial charge in [0.05, 0.1) is 11.4 Å². The number of carbonyl (C=O) groups is 1. The maximum Gasteiger partial charge on any atom is 0.274 e. The maximum atomic E-state index is 13.4. The Kier molecular flexibility index (Phi) is 4.81. The zero-order chi connectivity index (χ0) is 21.5. The molecule has 7 heteroatoms. The Morgan fingerprint density at radius 2 is 1.53 bits per heavy atom. The second-order valence-corrected chi connectivity index (χ2v) is 8.04. The van der Waals surface area contributed by atoms with E-state index < -0.39 is 5.91 Å². The van der Waals surface area contributed by atoms with Crippen LogP contribution in [-0.4, -0.2) is 20.5 Å². The molecule has 0 aliphatic heterocycles. The van der Waals surface area contributed by atoms with Gasteiger partial charge >= 0.3 is 0 Å². The monoisotopic (exact) mass is 406 g/mol. The first-order chi connectivity index (χ1) is 14.2. The molecule has 0 aliphatic carbocycles. The van der Waals surface area contributed by atoms with Crippen molar-refractivity contribution in [1.29, 1.82) is 0 Å². The van der Waals surface area contributed by atoms with Crippen LogP contribution in [0.25, 0.3) is 16.9 Å². The summed E-state index contributed by atoms with van der Waals surface area (Å²) in [5.74, 6) is -1.18. The van der Waals surface area contributed by atoms with Gasteiger partial charge < -0.3 is 5.32 Å². The largest absolute Gasteiger partial charge is 0.321 e. The van der Waals surface area contributed by atoms with Crippen molar-refractivity contribution in [2.45, 2.75) is 26.2 Å². The van der Waals surface area contributed by atoms with Gasteiger partial charge in [-0.1, -0.05) is 20.8 Å². The molecule has 0 unspecified atom stereocenters. The van der Waals surface area contributed by atoms with Crippen LogP contribution in [0.4, 0.5) is 14.5 Å². The topological polar surface area (TPSA) is 59.3 Å². The fourth-order valence-electron chi connectivity index (χ4n) is 3.01. The highest BCUT2D eigenvalue weighted by molar-refractivity contribution is 6.03. The van der Waals surface area contributed by atoms with Crippen molar-refractivity contribution in [3.63, 3.8) is 0 Å². The number of nitrogens with zero attached hydrogens (tertiary/aromatic N) is 3. The van der Waals surface area contributed by atoms with Crippen molar-refractivity contribution in [2.75, 3.05) is 5.32 Å². The number of halogens is 2. The summed E-state index contributed by atoms with van der Waals surface area (Å²) in [6.45, 7) is 6.11. The Labute approximate surface area is 172 Å². The molecule has 4 rings (SSSR count).